The summed E-state index contributed by atoms with van der Waals surface area (Å²) in [5.41, 5.74) is 2.82. The SMILES string of the molecule is CCOc1cccc([C@@H]2C[C@H]2c2nc3sccn3c(=O)c2C)c1OC. The van der Waals surface area contributed by atoms with Crippen LogP contribution >= 0.6 is 11.3 Å². The van der Waals surface area contributed by atoms with E-state index in [1.807, 2.05) is 31.4 Å². The Labute approximate surface area is 149 Å². The summed E-state index contributed by atoms with van der Waals surface area (Å²) in [6, 6.07) is 6.00. The molecule has 5 nitrogen and oxygen atoms in total. The van der Waals surface area contributed by atoms with Crippen molar-refractivity contribution in [3.8, 4) is 11.5 Å². The molecule has 0 radical (unpaired) electrons. The summed E-state index contributed by atoms with van der Waals surface area (Å²) in [7, 11) is 1.67. The summed E-state index contributed by atoms with van der Waals surface area (Å²) < 4.78 is 12.9. The molecule has 2 aromatic heterocycles. The van der Waals surface area contributed by atoms with Crippen LogP contribution in [0.5, 0.6) is 11.5 Å². The topological polar surface area (TPSA) is 52.8 Å². The molecule has 3 aromatic rings. The van der Waals surface area contributed by atoms with E-state index in [1.54, 1.807) is 17.7 Å². The van der Waals surface area contributed by atoms with Crippen LogP contribution in [0.3, 0.4) is 0 Å². The van der Waals surface area contributed by atoms with E-state index in [0.29, 0.717) is 12.5 Å². The summed E-state index contributed by atoms with van der Waals surface area (Å²) in [6.07, 6.45) is 2.76. The van der Waals surface area contributed by atoms with Gasteiger partial charge in [0.25, 0.3) is 5.56 Å². The number of methoxy groups -OCH3 is 1. The van der Waals surface area contributed by atoms with E-state index in [-0.39, 0.29) is 11.5 Å². The van der Waals surface area contributed by atoms with E-state index in [1.165, 1.54) is 11.3 Å². The van der Waals surface area contributed by atoms with Gasteiger partial charge in [0, 0.05) is 28.6 Å². The first-order chi connectivity index (χ1) is 12.2. The first kappa shape index (κ1) is 16.1. The summed E-state index contributed by atoms with van der Waals surface area (Å²) in [5, 5.41) is 1.89. The van der Waals surface area contributed by atoms with Crippen molar-refractivity contribution < 1.29 is 9.47 Å². The Morgan fingerprint density at radius 1 is 1.36 bits per heavy atom. The highest BCUT2D eigenvalue weighted by Crippen LogP contribution is 2.57. The summed E-state index contributed by atoms with van der Waals surface area (Å²) in [4.78, 5) is 18.0. The predicted octanol–water partition coefficient (Wildman–Crippen LogP) is 3.74. The van der Waals surface area contributed by atoms with Crippen LogP contribution in [0.25, 0.3) is 4.96 Å². The smallest absolute Gasteiger partial charge is 0.261 e. The Bertz CT molecular complexity index is 992. The quantitative estimate of drug-likeness (QED) is 0.699. The van der Waals surface area contributed by atoms with Gasteiger partial charge in [0.2, 0.25) is 0 Å². The lowest BCUT2D eigenvalue weighted by Gasteiger charge is -2.14. The number of thiazole rings is 1. The number of rotatable bonds is 5. The molecule has 0 spiro atoms. The Hall–Kier alpha value is -2.34. The maximum absolute atomic E-state index is 12.5. The molecule has 1 aliphatic carbocycles. The molecule has 1 saturated carbocycles. The fourth-order valence-electron chi connectivity index (χ4n) is 3.50. The molecule has 2 atom stereocenters. The first-order valence-corrected chi connectivity index (χ1v) is 9.29. The minimum absolute atomic E-state index is 0.0296. The molecule has 4 rings (SSSR count). The minimum atomic E-state index is 0.0296. The lowest BCUT2D eigenvalue weighted by Crippen LogP contribution is -2.18. The van der Waals surface area contributed by atoms with Crippen molar-refractivity contribution in [2.45, 2.75) is 32.1 Å². The molecule has 6 heteroatoms. The van der Waals surface area contributed by atoms with Crippen LogP contribution < -0.4 is 15.0 Å². The number of hydrogen-bond acceptors (Lipinski definition) is 5. The molecule has 0 bridgehead atoms. The van der Waals surface area contributed by atoms with Gasteiger partial charge in [-0.1, -0.05) is 12.1 Å². The van der Waals surface area contributed by atoms with E-state index in [9.17, 15) is 4.79 Å². The van der Waals surface area contributed by atoms with Crippen LogP contribution in [0.4, 0.5) is 0 Å². The zero-order valence-electron chi connectivity index (χ0n) is 14.5. The second-order valence-corrected chi connectivity index (χ2v) is 7.12. The Kier molecular flexibility index (Phi) is 4.00. The second kappa shape index (κ2) is 6.19. The van der Waals surface area contributed by atoms with Crippen LogP contribution in [0, 0.1) is 6.92 Å². The predicted molar refractivity (Wildman–Crippen MR) is 98.3 cm³/mol. The highest BCUT2D eigenvalue weighted by molar-refractivity contribution is 7.15. The molecule has 1 fully saturated rings. The van der Waals surface area contributed by atoms with E-state index in [2.05, 4.69) is 6.07 Å². The molecule has 25 heavy (non-hydrogen) atoms. The van der Waals surface area contributed by atoms with Crippen LogP contribution in [0.1, 0.15) is 42.0 Å². The van der Waals surface area contributed by atoms with Gasteiger partial charge in [-0.3, -0.25) is 9.20 Å². The molecule has 0 N–H and O–H groups in total. The Morgan fingerprint density at radius 3 is 2.96 bits per heavy atom. The lowest BCUT2D eigenvalue weighted by molar-refractivity contribution is 0.309. The second-order valence-electron chi connectivity index (χ2n) is 6.24. The number of aromatic nitrogens is 2. The fraction of sp³-hybridized carbons (Fsp3) is 0.368. The molecule has 130 valence electrons. The summed E-state index contributed by atoms with van der Waals surface area (Å²) in [6.45, 7) is 4.43. The van der Waals surface area contributed by atoms with Crippen LogP contribution in [0.15, 0.2) is 34.6 Å². The van der Waals surface area contributed by atoms with Gasteiger partial charge in [-0.2, -0.15) is 0 Å². The van der Waals surface area contributed by atoms with Crippen molar-refractivity contribution >= 4 is 16.3 Å². The van der Waals surface area contributed by atoms with Crippen molar-refractivity contribution in [3.05, 3.63) is 57.0 Å². The monoisotopic (exact) mass is 356 g/mol. The van der Waals surface area contributed by atoms with Gasteiger partial charge >= 0.3 is 0 Å². The number of benzene rings is 1. The standard InChI is InChI=1S/C19H20N2O3S/c1-4-24-15-7-5-6-12(17(15)23-3)13-10-14(13)16-11(2)18(22)21-8-9-25-19(21)20-16/h5-9,13-14H,4,10H2,1-3H3/t13-,14+/m0/s1. The average Bonchev–Trinajstić information content (AvgIpc) is 3.26. The summed E-state index contributed by atoms with van der Waals surface area (Å²) in [5.74, 6) is 2.13. The normalized spacial score (nSPS) is 19.2. The van der Waals surface area contributed by atoms with E-state index < -0.39 is 0 Å². The van der Waals surface area contributed by atoms with Crippen LogP contribution in [-0.4, -0.2) is 23.1 Å². The van der Waals surface area contributed by atoms with Crippen molar-refractivity contribution in [1.29, 1.82) is 0 Å². The van der Waals surface area contributed by atoms with Crippen LogP contribution in [-0.2, 0) is 0 Å². The Morgan fingerprint density at radius 2 is 2.20 bits per heavy atom. The molecule has 1 aliphatic rings. The van der Waals surface area contributed by atoms with Gasteiger partial charge in [-0.05, 0) is 32.3 Å². The third-order valence-corrected chi connectivity index (χ3v) is 5.54. The van der Waals surface area contributed by atoms with Gasteiger partial charge in [-0.15, -0.1) is 11.3 Å². The fourth-order valence-corrected chi connectivity index (χ4v) is 4.21. The van der Waals surface area contributed by atoms with Gasteiger partial charge in [-0.25, -0.2) is 4.98 Å². The number of ether oxygens (including phenoxy) is 2. The van der Waals surface area contributed by atoms with Crippen molar-refractivity contribution in [2.24, 2.45) is 0 Å². The zero-order valence-corrected chi connectivity index (χ0v) is 15.3. The lowest BCUT2D eigenvalue weighted by atomic mass is 10.0. The third-order valence-electron chi connectivity index (χ3n) is 4.78. The average molecular weight is 356 g/mol. The minimum Gasteiger partial charge on any atom is -0.493 e. The molecule has 2 heterocycles. The maximum Gasteiger partial charge on any atom is 0.261 e. The third kappa shape index (κ3) is 2.61. The largest absolute Gasteiger partial charge is 0.493 e. The molecule has 0 aliphatic heterocycles. The number of nitrogens with zero attached hydrogens (tertiary/aromatic N) is 2. The molecular weight excluding hydrogens is 336 g/mol. The molecule has 0 amide bonds. The number of para-hydroxylation sites is 1. The zero-order chi connectivity index (χ0) is 17.6. The highest BCUT2D eigenvalue weighted by atomic mass is 32.1. The number of hydrogen-bond donors (Lipinski definition) is 0. The maximum atomic E-state index is 12.5. The van der Waals surface area contributed by atoms with E-state index in [4.69, 9.17) is 14.5 Å². The molecule has 0 unspecified atom stereocenters. The van der Waals surface area contributed by atoms with E-state index in [0.717, 1.165) is 39.7 Å². The van der Waals surface area contributed by atoms with Crippen LogP contribution in [0.2, 0.25) is 0 Å². The van der Waals surface area contributed by atoms with Crippen molar-refractivity contribution in [3.63, 3.8) is 0 Å². The van der Waals surface area contributed by atoms with Gasteiger partial charge in [0.1, 0.15) is 0 Å². The highest BCUT2D eigenvalue weighted by Gasteiger charge is 2.44. The molecule has 0 saturated heterocycles. The summed E-state index contributed by atoms with van der Waals surface area (Å²) >= 11 is 1.49. The molecule has 1 aromatic carbocycles. The number of fused-ring (bicyclic) bond motifs is 1. The Balaban J connectivity index is 1.73. The first-order valence-electron chi connectivity index (χ1n) is 8.41. The van der Waals surface area contributed by atoms with Gasteiger partial charge in [0.15, 0.2) is 16.5 Å². The molecular formula is C19H20N2O3S. The van der Waals surface area contributed by atoms with Gasteiger partial charge in [0.05, 0.1) is 19.4 Å². The van der Waals surface area contributed by atoms with E-state index >= 15 is 0 Å². The van der Waals surface area contributed by atoms with Crippen molar-refractivity contribution in [1.82, 2.24) is 9.38 Å². The van der Waals surface area contributed by atoms with Gasteiger partial charge < -0.3 is 9.47 Å². The van der Waals surface area contributed by atoms with Crippen molar-refractivity contribution in [2.75, 3.05) is 13.7 Å².